The van der Waals surface area contributed by atoms with Crippen LogP contribution >= 0.6 is 11.3 Å². The highest BCUT2D eigenvalue weighted by Gasteiger charge is 2.29. The molecule has 4 nitrogen and oxygen atoms in total. The van der Waals surface area contributed by atoms with Gasteiger partial charge in [0.05, 0.1) is 11.0 Å². The summed E-state index contributed by atoms with van der Waals surface area (Å²) in [6, 6.07) is 11.0. The molecule has 0 spiro atoms. The van der Waals surface area contributed by atoms with Gasteiger partial charge < -0.3 is 4.74 Å². The molecule has 0 radical (unpaired) electrons. The van der Waals surface area contributed by atoms with E-state index in [1.54, 1.807) is 27.8 Å². The third-order valence-electron chi connectivity index (χ3n) is 4.00. The Morgan fingerprint density at radius 2 is 2.04 bits per heavy atom. The lowest BCUT2D eigenvalue weighted by Crippen LogP contribution is -2.36. The minimum Gasteiger partial charge on any atom is -0.377 e. The van der Waals surface area contributed by atoms with Crippen LogP contribution in [-0.4, -0.2) is 32.0 Å². The molecule has 0 aliphatic carbocycles. The predicted octanol–water partition coefficient (Wildman–Crippen LogP) is 3.43. The number of aryl methyl sites for hydroxylation is 1. The summed E-state index contributed by atoms with van der Waals surface area (Å²) >= 11 is 1.58. The van der Waals surface area contributed by atoms with E-state index in [0.29, 0.717) is 18.0 Å². The van der Waals surface area contributed by atoms with Crippen LogP contribution in [0.1, 0.15) is 23.3 Å². The molecule has 0 amide bonds. The van der Waals surface area contributed by atoms with Crippen molar-refractivity contribution in [3.63, 3.8) is 0 Å². The number of nitrogens with zero attached hydrogens (tertiary/aromatic N) is 1. The van der Waals surface area contributed by atoms with E-state index in [1.807, 2.05) is 36.6 Å². The lowest BCUT2D eigenvalue weighted by Gasteiger charge is -2.24. The van der Waals surface area contributed by atoms with Crippen molar-refractivity contribution in [3.8, 4) is 0 Å². The van der Waals surface area contributed by atoms with Crippen LogP contribution in [0.2, 0.25) is 0 Å². The summed E-state index contributed by atoms with van der Waals surface area (Å²) in [5.41, 5.74) is 1.05. The predicted molar refractivity (Wildman–Crippen MR) is 92.1 cm³/mol. The van der Waals surface area contributed by atoms with E-state index < -0.39 is 10.0 Å². The minimum atomic E-state index is -3.52. The first-order valence-corrected chi connectivity index (χ1v) is 10.1. The highest BCUT2D eigenvalue weighted by molar-refractivity contribution is 7.89. The molecule has 1 unspecified atom stereocenters. The van der Waals surface area contributed by atoms with E-state index in [4.69, 9.17) is 4.74 Å². The largest absolute Gasteiger partial charge is 0.377 e. The van der Waals surface area contributed by atoms with Crippen LogP contribution in [0.5, 0.6) is 0 Å². The number of hydrogen-bond acceptors (Lipinski definition) is 4. The number of ether oxygens (including phenoxy) is 1. The average Bonchev–Trinajstić information content (AvgIpc) is 3.20. The Labute approximate surface area is 141 Å². The number of hydrogen-bond donors (Lipinski definition) is 0. The molecule has 3 rings (SSSR count). The Hall–Kier alpha value is -1.21. The number of rotatable bonds is 6. The fraction of sp³-hybridized carbons (Fsp3) is 0.412. The first-order valence-electron chi connectivity index (χ1n) is 7.76. The zero-order chi connectivity index (χ0) is 16.3. The molecule has 2 heterocycles. The first-order chi connectivity index (χ1) is 11.1. The summed E-state index contributed by atoms with van der Waals surface area (Å²) in [5.74, 6) is 0. The van der Waals surface area contributed by atoms with Crippen LogP contribution < -0.4 is 0 Å². The number of sulfonamides is 1. The van der Waals surface area contributed by atoms with Crippen molar-refractivity contribution in [3.05, 3.63) is 52.2 Å². The lowest BCUT2D eigenvalue weighted by atomic mass is 10.2. The van der Waals surface area contributed by atoms with Gasteiger partial charge in [0, 0.05) is 24.6 Å². The zero-order valence-corrected chi connectivity index (χ0v) is 14.8. The Morgan fingerprint density at radius 1 is 1.26 bits per heavy atom. The van der Waals surface area contributed by atoms with Crippen LogP contribution in [0.4, 0.5) is 0 Å². The molecule has 1 aromatic heterocycles. The van der Waals surface area contributed by atoms with E-state index >= 15 is 0 Å². The third-order valence-corrected chi connectivity index (χ3v) is 6.69. The van der Waals surface area contributed by atoms with Crippen molar-refractivity contribution in [2.45, 2.75) is 37.3 Å². The molecular weight excluding hydrogens is 330 g/mol. The average molecular weight is 351 g/mol. The molecule has 1 saturated heterocycles. The highest BCUT2D eigenvalue weighted by atomic mass is 32.2. The lowest BCUT2D eigenvalue weighted by molar-refractivity contribution is 0.0927. The summed E-state index contributed by atoms with van der Waals surface area (Å²) in [5, 5.41) is 1.97. The topological polar surface area (TPSA) is 46.6 Å². The molecule has 1 aliphatic rings. The molecule has 6 heteroatoms. The Balaban J connectivity index is 1.87. The molecule has 1 aliphatic heterocycles. The minimum absolute atomic E-state index is 0.00446. The maximum atomic E-state index is 13.0. The summed E-state index contributed by atoms with van der Waals surface area (Å²) in [4.78, 5) is 1.39. The standard InChI is InChI=1S/C17H21NO3S2/c1-14-6-8-17(9-7-14)23(19,20)18(12-15-4-2-10-21-15)13-16-5-3-11-22-16/h3,5-9,11,15H,2,4,10,12-13H2,1H3. The Morgan fingerprint density at radius 3 is 2.65 bits per heavy atom. The van der Waals surface area contributed by atoms with Crippen LogP contribution in [-0.2, 0) is 21.3 Å². The van der Waals surface area contributed by atoms with Gasteiger partial charge in [-0.3, -0.25) is 0 Å². The molecule has 1 atom stereocenters. The molecule has 2 aromatic rings. The van der Waals surface area contributed by atoms with Crippen molar-refractivity contribution in [1.29, 1.82) is 0 Å². The molecule has 0 N–H and O–H groups in total. The molecule has 0 bridgehead atoms. The van der Waals surface area contributed by atoms with E-state index in [1.165, 1.54) is 0 Å². The van der Waals surface area contributed by atoms with Gasteiger partial charge in [0.15, 0.2) is 0 Å². The van der Waals surface area contributed by atoms with Crippen LogP contribution in [0.25, 0.3) is 0 Å². The molecule has 1 fully saturated rings. The maximum absolute atomic E-state index is 13.0. The van der Waals surface area contributed by atoms with Gasteiger partial charge >= 0.3 is 0 Å². The van der Waals surface area contributed by atoms with Gasteiger partial charge in [-0.05, 0) is 43.3 Å². The zero-order valence-electron chi connectivity index (χ0n) is 13.1. The van der Waals surface area contributed by atoms with Crippen molar-refractivity contribution in [2.75, 3.05) is 13.2 Å². The monoisotopic (exact) mass is 351 g/mol. The second kappa shape index (κ2) is 7.13. The van der Waals surface area contributed by atoms with Crippen LogP contribution in [0.15, 0.2) is 46.7 Å². The summed E-state index contributed by atoms with van der Waals surface area (Å²) < 4.78 is 33.3. The van der Waals surface area contributed by atoms with Crippen molar-refractivity contribution >= 4 is 21.4 Å². The quantitative estimate of drug-likeness (QED) is 0.801. The van der Waals surface area contributed by atoms with Gasteiger partial charge in [0.1, 0.15) is 0 Å². The molecule has 124 valence electrons. The van der Waals surface area contributed by atoms with Gasteiger partial charge in [-0.2, -0.15) is 4.31 Å². The third kappa shape index (κ3) is 4.01. The molecule has 1 aromatic carbocycles. The Bertz CT molecular complexity index is 718. The SMILES string of the molecule is Cc1ccc(S(=O)(=O)N(Cc2cccs2)CC2CCCO2)cc1. The van der Waals surface area contributed by atoms with Crippen molar-refractivity contribution < 1.29 is 13.2 Å². The summed E-state index contributed by atoms with van der Waals surface area (Å²) in [7, 11) is -3.52. The molecule has 23 heavy (non-hydrogen) atoms. The second-order valence-electron chi connectivity index (χ2n) is 5.83. The van der Waals surface area contributed by atoms with Gasteiger partial charge in [-0.15, -0.1) is 11.3 Å². The van der Waals surface area contributed by atoms with Gasteiger partial charge in [0.2, 0.25) is 10.0 Å². The van der Waals surface area contributed by atoms with E-state index in [-0.39, 0.29) is 6.10 Å². The van der Waals surface area contributed by atoms with Crippen molar-refractivity contribution in [2.24, 2.45) is 0 Å². The number of benzene rings is 1. The second-order valence-corrected chi connectivity index (χ2v) is 8.80. The smallest absolute Gasteiger partial charge is 0.243 e. The van der Waals surface area contributed by atoms with E-state index in [2.05, 4.69) is 0 Å². The van der Waals surface area contributed by atoms with Gasteiger partial charge in [0.25, 0.3) is 0 Å². The summed E-state index contributed by atoms with van der Waals surface area (Å²) in [6.45, 7) is 3.48. The molecular formula is C17H21NO3S2. The maximum Gasteiger partial charge on any atom is 0.243 e. The molecule has 0 saturated carbocycles. The van der Waals surface area contributed by atoms with Crippen molar-refractivity contribution in [1.82, 2.24) is 4.31 Å². The number of thiophene rings is 1. The first kappa shape index (κ1) is 16.6. The highest BCUT2D eigenvalue weighted by Crippen LogP contribution is 2.23. The van der Waals surface area contributed by atoms with Gasteiger partial charge in [-0.1, -0.05) is 23.8 Å². The van der Waals surface area contributed by atoms with Crippen LogP contribution in [0, 0.1) is 6.92 Å². The fourth-order valence-corrected chi connectivity index (χ4v) is 4.95. The van der Waals surface area contributed by atoms with Gasteiger partial charge in [-0.25, -0.2) is 8.42 Å². The van der Waals surface area contributed by atoms with E-state index in [9.17, 15) is 8.42 Å². The van der Waals surface area contributed by atoms with E-state index in [0.717, 1.165) is 29.9 Å². The van der Waals surface area contributed by atoms with Crippen LogP contribution in [0.3, 0.4) is 0 Å². The fourth-order valence-electron chi connectivity index (χ4n) is 2.70. The summed E-state index contributed by atoms with van der Waals surface area (Å²) in [6.07, 6.45) is 1.92. The Kier molecular flexibility index (Phi) is 5.16. The normalized spacial score (nSPS) is 18.6.